The van der Waals surface area contributed by atoms with Gasteiger partial charge >= 0.3 is 0 Å². The molecule has 1 aromatic carbocycles. The molecule has 0 saturated carbocycles. The lowest BCUT2D eigenvalue weighted by Crippen LogP contribution is -2.34. The van der Waals surface area contributed by atoms with Crippen molar-refractivity contribution in [2.75, 3.05) is 23.9 Å². The summed E-state index contributed by atoms with van der Waals surface area (Å²) < 4.78 is 13.1. The Morgan fingerprint density at radius 1 is 1.39 bits per heavy atom. The van der Waals surface area contributed by atoms with Crippen molar-refractivity contribution in [1.82, 2.24) is 9.97 Å². The maximum atomic E-state index is 13.1. The molecule has 1 saturated heterocycles. The maximum absolute atomic E-state index is 13.1. The van der Waals surface area contributed by atoms with Crippen LogP contribution in [0.5, 0.6) is 0 Å². The average molecular weight is 268 g/mol. The second-order valence-corrected chi connectivity index (χ2v) is 5.12. The van der Waals surface area contributed by atoms with Gasteiger partial charge in [0.1, 0.15) is 5.82 Å². The van der Waals surface area contributed by atoms with Gasteiger partial charge in [-0.05, 0) is 37.0 Å². The van der Waals surface area contributed by atoms with Crippen LogP contribution in [0.1, 0.15) is 12.8 Å². The zero-order valence-electron chi connectivity index (χ0n) is 10.00. The van der Waals surface area contributed by atoms with Gasteiger partial charge < -0.3 is 9.88 Å². The first-order valence-corrected chi connectivity index (χ1v) is 6.76. The number of nitrogens with one attached hydrogen (secondary N) is 1. The molecule has 0 unspecified atom stereocenters. The highest BCUT2D eigenvalue weighted by Gasteiger charge is 2.20. The number of halogens is 2. The van der Waals surface area contributed by atoms with Crippen molar-refractivity contribution in [2.45, 2.75) is 12.8 Å². The third-order valence-corrected chi connectivity index (χ3v) is 4.00. The van der Waals surface area contributed by atoms with Crippen molar-refractivity contribution in [3.8, 4) is 0 Å². The predicted molar refractivity (Wildman–Crippen MR) is 71.7 cm³/mol. The molecule has 0 atom stereocenters. The molecule has 2 heterocycles. The summed E-state index contributed by atoms with van der Waals surface area (Å²) in [5, 5.41) is 0. The molecule has 1 fully saturated rings. The molecule has 0 amide bonds. The molecule has 1 aromatic heterocycles. The van der Waals surface area contributed by atoms with Gasteiger partial charge in [-0.25, -0.2) is 9.37 Å². The van der Waals surface area contributed by atoms with Crippen LogP contribution in [0, 0.1) is 11.7 Å². The first-order valence-electron chi connectivity index (χ1n) is 6.22. The Morgan fingerprint density at radius 3 is 2.89 bits per heavy atom. The molecule has 0 radical (unpaired) electrons. The van der Waals surface area contributed by atoms with Crippen molar-refractivity contribution in [3.63, 3.8) is 0 Å². The van der Waals surface area contributed by atoms with Crippen molar-refractivity contribution < 1.29 is 4.39 Å². The van der Waals surface area contributed by atoms with E-state index in [1.54, 1.807) is 6.07 Å². The fraction of sp³-hybridized carbons (Fsp3) is 0.462. The van der Waals surface area contributed by atoms with Crippen LogP contribution in [0.4, 0.5) is 10.3 Å². The summed E-state index contributed by atoms with van der Waals surface area (Å²) in [6.45, 7) is 1.92. The van der Waals surface area contributed by atoms with Crippen molar-refractivity contribution in [1.29, 1.82) is 0 Å². The van der Waals surface area contributed by atoms with E-state index in [-0.39, 0.29) is 5.82 Å². The van der Waals surface area contributed by atoms with Gasteiger partial charge in [0.2, 0.25) is 5.95 Å². The number of aromatic nitrogens is 2. The molecule has 1 N–H and O–H groups in total. The highest BCUT2D eigenvalue weighted by Crippen LogP contribution is 2.24. The Kier molecular flexibility index (Phi) is 3.12. The minimum Gasteiger partial charge on any atom is -0.342 e. The molecule has 18 heavy (non-hydrogen) atoms. The summed E-state index contributed by atoms with van der Waals surface area (Å²) in [5.41, 5.74) is 1.57. The zero-order valence-corrected chi connectivity index (χ0v) is 10.8. The van der Waals surface area contributed by atoms with Crippen molar-refractivity contribution in [2.24, 2.45) is 5.92 Å². The molecule has 0 bridgehead atoms. The number of rotatable bonds is 2. The predicted octanol–water partition coefficient (Wildman–Crippen LogP) is 3.16. The molecular formula is C13H15ClFN3. The highest BCUT2D eigenvalue weighted by molar-refractivity contribution is 6.18. The minimum atomic E-state index is -0.237. The summed E-state index contributed by atoms with van der Waals surface area (Å²) >= 11 is 5.87. The van der Waals surface area contributed by atoms with Gasteiger partial charge in [-0.2, -0.15) is 0 Å². The molecule has 0 spiro atoms. The second kappa shape index (κ2) is 4.76. The Hall–Kier alpha value is -1.29. The van der Waals surface area contributed by atoms with Crippen molar-refractivity contribution >= 4 is 28.6 Å². The number of anilines is 1. The fourth-order valence-electron chi connectivity index (χ4n) is 2.42. The normalized spacial score (nSPS) is 17.6. The summed E-state index contributed by atoms with van der Waals surface area (Å²) in [6, 6.07) is 4.63. The van der Waals surface area contributed by atoms with Gasteiger partial charge in [-0.3, -0.25) is 0 Å². The standard InChI is InChI=1S/C13H15ClFN3/c14-8-9-3-5-18(6-4-9)13-16-11-2-1-10(15)7-12(11)17-13/h1-2,7,9H,3-6,8H2,(H,16,17). The summed E-state index contributed by atoms with van der Waals surface area (Å²) in [4.78, 5) is 9.89. The fourth-order valence-corrected chi connectivity index (χ4v) is 2.73. The number of piperidine rings is 1. The van der Waals surface area contributed by atoms with Crippen LogP contribution in [0.3, 0.4) is 0 Å². The lowest BCUT2D eigenvalue weighted by Gasteiger charge is -2.30. The molecule has 1 aliphatic rings. The summed E-state index contributed by atoms with van der Waals surface area (Å²) in [7, 11) is 0. The topological polar surface area (TPSA) is 31.9 Å². The number of benzene rings is 1. The third kappa shape index (κ3) is 2.17. The average Bonchev–Trinajstić information content (AvgIpc) is 2.81. The molecule has 5 heteroatoms. The number of fused-ring (bicyclic) bond motifs is 1. The van der Waals surface area contributed by atoms with Gasteiger partial charge in [0.15, 0.2) is 0 Å². The van der Waals surface area contributed by atoms with Gasteiger partial charge in [-0.15, -0.1) is 11.6 Å². The summed E-state index contributed by atoms with van der Waals surface area (Å²) in [5.74, 6) is 1.95. The van der Waals surface area contributed by atoms with Crippen LogP contribution < -0.4 is 4.90 Å². The monoisotopic (exact) mass is 267 g/mol. The van der Waals surface area contributed by atoms with Crippen molar-refractivity contribution in [3.05, 3.63) is 24.0 Å². The van der Waals surface area contributed by atoms with E-state index in [0.717, 1.165) is 48.8 Å². The van der Waals surface area contributed by atoms with Crippen LogP contribution in [-0.2, 0) is 0 Å². The van der Waals surface area contributed by atoms with Gasteiger partial charge in [0.25, 0.3) is 0 Å². The smallest absolute Gasteiger partial charge is 0.203 e. The first kappa shape index (κ1) is 11.8. The molecule has 1 aliphatic heterocycles. The van der Waals surface area contributed by atoms with Gasteiger partial charge in [0, 0.05) is 19.0 Å². The van der Waals surface area contributed by atoms with E-state index in [0.29, 0.717) is 5.92 Å². The van der Waals surface area contributed by atoms with Crippen LogP contribution in [-0.4, -0.2) is 28.9 Å². The molecule has 0 aliphatic carbocycles. The highest BCUT2D eigenvalue weighted by atomic mass is 35.5. The van der Waals surface area contributed by atoms with Crippen LogP contribution >= 0.6 is 11.6 Å². The number of hydrogen-bond acceptors (Lipinski definition) is 2. The van der Waals surface area contributed by atoms with E-state index in [9.17, 15) is 4.39 Å². The van der Waals surface area contributed by atoms with Gasteiger partial charge in [-0.1, -0.05) is 0 Å². The lowest BCUT2D eigenvalue weighted by molar-refractivity contribution is 0.439. The Morgan fingerprint density at radius 2 is 2.17 bits per heavy atom. The number of H-pyrrole nitrogens is 1. The SMILES string of the molecule is Fc1ccc2nc(N3CCC(CCl)CC3)[nH]c2c1. The van der Waals surface area contributed by atoms with E-state index in [1.807, 2.05) is 0 Å². The molecular weight excluding hydrogens is 253 g/mol. The largest absolute Gasteiger partial charge is 0.342 e. The van der Waals surface area contributed by atoms with Crippen LogP contribution in [0.15, 0.2) is 18.2 Å². The van der Waals surface area contributed by atoms with E-state index in [2.05, 4.69) is 14.9 Å². The Labute approximate surface area is 110 Å². The molecule has 3 rings (SSSR count). The summed E-state index contributed by atoms with van der Waals surface area (Å²) in [6.07, 6.45) is 2.18. The van der Waals surface area contributed by atoms with Crippen LogP contribution in [0.2, 0.25) is 0 Å². The van der Waals surface area contributed by atoms with Crippen LogP contribution in [0.25, 0.3) is 11.0 Å². The number of nitrogens with zero attached hydrogens (tertiary/aromatic N) is 2. The number of imidazole rings is 1. The minimum absolute atomic E-state index is 0.237. The number of hydrogen-bond donors (Lipinski definition) is 1. The lowest BCUT2D eigenvalue weighted by atomic mass is 9.99. The van der Waals surface area contributed by atoms with E-state index >= 15 is 0 Å². The van der Waals surface area contributed by atoms with E-state index in [4.69, 9.17) is 11.6 Å². The van der Waals surface area contributed by atoms with Gasteiger partial charge in [0.05, 0.1) is 11.0 Å². The maximum Gasteiger partial charge on any atom is 0.203 e. The number of aromatic amines is 1. The molecule has 2 aromatic rings. The third-order valence-electron chi connectivity index (χ3n) is 3.56. The second-order valence-electron chi connectivity index (χ2n) is 4.81. The quantitative estimate of drug-likeness (QED) is 0.848. The number of alkyl halides is 1. The molecule has 3 nitrogen and oxygen atoms in total. The molecule has 96 valence electrons. The Balaban J connectivity index is 1.82. The first-order chi connectivity index (χ1) is 8.76. The van der Waals surface area contributed by atoms with E-state index < -0.39 is 0 Å². The van der Waals surface area contributed by atoms with E-state index in [1.165, 1.54) is 12.1 Å². The zero-order chi connectivity index (χ0) is 12.5. The Bertz CT molecular complexity index is 546.